The molecule has 0 bridgehead atoms. The fourth-order valence-corrected chi connectivity index (χ4v) is 4.12. The Balaban J connectivity index is 0.00000364. The van der Waals surface area contributed by atoms with E-state index in [2.05, 4.69) is 10.0 Å². The third-order valence-corrected chi connectivity index (χ3v) is 6.04. The van der Waals surface area contributed by atoms with Crippen molar-refractivity contribution in [3.05, 3.63) is 34.4 Å². The zero-order valence-electron chi connectivity index (χ0n) is 14.8. The summed E-state index contributed by atoms with van der Waals surface area (Å²) in [6.07, 6.45) is 4.06. The highest BCUT2D eigenvalue weighted by atomic mass is 35.5. The Morgan fingerprint density at radius 2 is 1.85 bits per heavy atom. The van der Waals surface area contributed by atoms with Gasteiger partial charge in [-0.3, -0.25) is 14.9 Å². The summed E-state index contributed by atoms with van der Waals surface area (Å²) >= 11 is 0. The van der Waals surface area contributed by atoms with Gasteiger partial charge in [-0.25, -0.2) is 13.1 Å². The van der Waals surface area contributed by atoms with Crippen molar-refractivity contribution in [1.29, 1.82) is 0 Å². The van der Waals surface area contributed by atoms with Gasteiger partial charge in [0.05, 0.1) is 9.82 Å². The number of hydrogen-bond acceptors (Lipinski definition) is 6. The van der Waals surface area contributed by atoms with E-state index < -0.39 is 14.9 Å². The number of rotatable bonds is 8. The quantitative estimate of drug-likeness (QED) is 0.427. The van der Waals surface area contributed by atoms with Gasteiger partial charge in [0.1, 0.15) is 0 Å². The lowest BCUT2D eigenvalue weighted by atomic mass is 9.84. The fraction of sp³-hybridized carbons (Fsp3) is 0.562. The zero-order valence-corrected chi connectivity index (χ0v) is 16.4. The van der Waals surface area contributed by atoms with E-state index >= 15 is 0 Å². The van der Waals surface area contributed by atoms with Gasteiger partial charge in [0.15, 0.2) is 0 Å². The number of benzene rings is 1. The Kier molecular flexibility index (Phi) is 9.10. The molecule has 4 N–H and O–H groups in total. The summed E-state index contributed by atoms with van der Waals surface area (Å²) in [5.74, 6) is 0.0475. The smallest absolute Gasteiger partial charge is 0.269 e. The molecule has 1 amide bonds. The van der Waals surface area contributed by atoms with Crippen molar-refractivity contribution in [2.24, 2.45) is 11.7 Å². The summed E-state index contributed by atoms with van der Waals surface area (Å²) in [4.78, 5) is 22.0. The zero-order chi connectivity index (χ0) is 19.2. The number of nitrogens with one attached hydrogen (secondary N) is 2. The Morgan fingerprint density at radius 1 is 1.22 bits per heavy atom. The Labute approximate surface area is 164 Å². The highest BCUT2D eigenvalue weighted by Crippen LogP contribution is 2.23. The molecule has 0 aromatic heterocycles. The largest absolute Gasteiger partial charge is 0.353 e. The lowest BCUT2D eigenvalue weighted by Gasteiger charge is -2.31. The first kappa shape index (κ1) is 23.3. The summed E-state index contributed by atoms with van der Waals surface area (Å²) in [5.41, 5.74) is 5.55. The van der Waals surface area contributed by atoms with E-state index in [0.717, 1.165) is 49.9 Å². The van der Waals surface area contributed by atoms with Gasteiger partial charge in [-0.15, -0.1) is 12.4 Å². The van der Waals surface area contributed by atoms with E-state index in [9.17, 15) is 23.3 Å². The van der Waals surface area contributed by atoms with Crippen LogP contribution in [0.3, 0.4) is 0 Å². The Bertz CT molecular complexity index is 742. The molecule has 2 rings (SSSR count). The second-order valence-electron chi connectivity index (χ2n) is 6.35. The molecule has 0 heterocycles. The lowest BCUT2D eigenvalue weighted by molar-refractivity contribution is -0.384. The minimum Gasteiger partial charge on any atom is -0.353 e. The van der Waals surface area contributed by atoms with Gasteiger partial charge in [0.2, 0.25) is 15.9 Å². The Morgan fingerprint density at radius 3 is 2.44 bits per heavy atom. The maximum absolute atomic E-state index is 12.2. The van der Waals surface area contributed by atoms with Crippen LogP contribution in [-0.4, -0.2) is 38.4 Å². The van der Waals surface area contributed by atoms with E-state index in [1.807, 2.05) is 0 Å². The molecule has 11 heteroatoms. The van der Waals surface area contributed by atoms with Gasteiger partial charge in [-0.2, -0.15) is 0 Å². The first-order chi connectivity index (χ1) is 12.3. The van der Waals surface area contributed by atoms with Crippen LogP contribution in [0.4, 0.5) is 5.69 Å². The van der Waals surface area contributed by atoms with Gasteiger partial charge in [0.25, 0.3) is 5.69 Å². The van der Waals surface area contributed by atoms with Gasteiger partial charge >= 0.3 is 0 Å². The molecular weight excluding hydrogens is 396 g/mol. The van der Waals surface area contributed by atoms with E-state index in [1.54, 1.807) is 0 Å². The molecule has 152 valence electrons. The van der Waals surface area contributed by atoms with Crippen LogP contribution >= 0.6 is 12.4 Å². The van der Waals surface area contributed by atoms with Crippen LogP contribution in [-0.2, 0) is 14.8 Å². The predicted molar refractivity (Wildman–Crippen MR) is 103 cm³/mol. The number of sulfonamides is 1. The highest BCUT2D eigenvalue weighted by molar-refractivity contribution is 7.89. The van der Waals surface area contributed by atoms with Crippen molar-refractivity contribution in [2.45, 2.75) is 43.0 Å². The second kappa shape index (κ2) is 10.5. The van der Waals surface area contributed by atoms with Crippen molar-refractivity contribution >= 4 is 34.0 Å². The molecular formula is C16H25ClN4O5S. The SMILES string of the molecule is Cl.NCC1CCCCC1NC(=O)CCNS(=O)(=O)c1ccc([N+](=O)[O-])cc1. The highest BCUT2D eigenvalue weighted by Gasteiger charge is 2.25. The molecule has 0 spiro atoms. The number of amides is 1. The van der Waals surface area contributed by atoms with Gasteiger partial charge in [-0.1, -0.05) is 12.8 Å². The normalized spacial score (nSPS) is 19.7. The van der Waals surface area contributed by atoms with Crippen LogP contribution in [0.2, 0.25) is 0 Å². The third-order valence-electron chi connectivity index (χ3n) is 4.56. The van der Waals surface area contributed by atoms with Crippen molar-refractivity contribution in [3.8, 4) is 0 Å². The lowest BCUT2D eigenvalue weighted by Crippen LogP contribution is -2.45. The van der Waals surface area contributed by atoms with E-state index in [0.29, 0.717) is 6.54 Å². The average Bonchev–Trinajstić information content (AvgIpc) is 2.62. The maximum Gasteiger partial charge on any atom is 0.269 e. The van der Waals surface area contributed by atoms with Gasteiger partial charge in [-0.05, 0) is 37.4 Å². The number of nitrogens with zero attached hydrogens (tertiary/aromatic N) is 1. The first-order valence-electron chi connectivity index (χ1n) is 8.57. The first-order valence-corrected chi connectivity index (χ1v) is 10.1. The molecule has 1 aromatic rings. The topological polar surface area (TPSA) is 144 Å². The van der Waals surface area contributed by atoms with Crippen LogP contribution in [0, 0.1) is 16.0 Å². The molecule has 1 fully saturated rings. The molecule has 0 radical (unpaired) electrons. The monoisotopic (exact) mass is 420 g/mol. The molecule has 0 saturated heterocycles. The van der Waals surface area contributed by atoms with Crippen molar-refractivity contribution in [1.82, 2.24) is 10.0 Å². The maximum atomic E-state index is 12.2. The predicted octanol–water partition coefficient (Wildman–Crippen LogP) is 1.32. The molecule has 27 heavy (non-hydrogen) atoms. The number of hydrogen-bond donors (Lipinski definition) is 3. The molecule has 9 nitrogen and oxygen atoms in total. The number of nitrogens with two attached hydrogens (primary N) is 1. The number of carbonyl (C=O) groups is 1. The molecule has 2 unspecified atom stereocenters. The summed E-state index contributed by atoms with van der Waals surface area (Å²) in [6, 6.07) is 4.62. The van der Waals surface area contributed by atoms with Crippen LogP contribution in [0.15, 0.2) is 29.2 Å². The van der Waals surface area contributed by atoms with Crippen LogP contribution in [0.5, 0.6) is 0 Å². The van der Waals surface area contributed by atoms with Gasteiger partial charge < -0.3 is 11.1 Å². The fourth-order valence-electron chi connectivity index (χ4n) is 3.09. The number of carbonyl (C=O) groups excluding carboxylic acids is 1. The molecule has 1 aliphatic rings. The van der Waals surface area contributed by atoms with Crippen molar-refractivity contribution < 1.29 is 18.1 Å². The molecule has 2 atom stereocenters. The summed E-state index contributed by atoms with van der Waals surface area (Å²) in [7, 11) is -3.82. The summed E-state index contributed by atoms with van der Waals surface area (Å²) in [5, 5.41) is 13.5. The average molecular weight is 421 g/mol. The van der Waals surface area contributed by atoms with Crippen LogP contribution in [0.25, 0.3) is 0 Å². The van der Waals surface area contributed by atoms with Crippen LogP contribution in [0.1, 0.15) is 32.1 Å². The van der Waals surface area contributed by atoms with E-state index in [4.69, 9.17) is 5.73 Å². The van der Waals surface area contributed by atoms with Gasteiger partial charge in [0, 0.05) is 31.1 Å². The van der Waals surface area contributed by atoms with E-state index in [1.165, 1.54) is 0 Å². The summed E-state index contributed by atoms with van der Waals surface area (Å²) in [6.45, 7) is 0.475. The third kappa shape index (κ3) is 6.73. The summed E-state index contributed by atoms with van der Waals surface area (Å²) < 4.78 is 26.6. The molecule has 1 aliphatic carbocycles. The number of halogens is 1. The molecule has 1 saturated carbocycles. The number of non-ortho nitro benzene ring substituents is 1. The van der Waals surface area contributed by atoms with Crippen LogP contribution < -0.4 is 15.8 Å². The molecule has 1 aromatic carbocycles. The van der Waals surface area contributed by atoms with Crippen molar-refractivity contribution in [2.75, 3.05) is 13.1 Å². The minimum atomic E-state index is -3.82. The second-order valence-corrected chi connectivity index (χ2v) is 8.12. The number of nitro benzene ring substituents is 1. The minimum absolute atomic E-state index is 0. The molecule has 0 aliphatic heterocycles. The Hall–Kier alpha value is -1.75. The number of nitro groups is 1. The van der Waals surface area contributed by atoms with E-state index in [-0.39, 0.29) is 53.8 Å². The van der Waals surface area contributed by atoms with Crippen molar-refractivity contribution in [3.63, 3.8) is 0 Å². The standard InChI is InChI=1S/C16H24N4O5S.ClH/c17-11-12-3-1-2-4-15(12)19-16(21)9-10-18-26(24,25)14-7-5-13(6-8-14)20(22)23;/h5-8,12,15,18H,1-4,9-11,17H2,(H,19,21);1H.